The molecule has 2 atom stereocenters. The zero-order chi connectivity index (χ0) is 10.0. The summed E-state index contributed by atoms with van der Waals surface area (Å²) in [6.07, 6.45) is 0.962. The van der Waals surface area contributed by atoms with Crippen molar-refractivity contribution >= 4 is 11.8 Å². The molecule has 1 rings (SSSR count). The van der Waals surface area contributed by atoms with Crippen LogP contribution in [0.25, 0.3) is 0 Å². The second-order valence-electron chi connectivity index (χ2n) is 3.48. The topological polar surface area (TPSA) is 89.4 Å². The van der Waals surface area contributed by atoms with Crippen LogP contribution in [-0.2, 0) is 9.59 Å². The lowest BCUT2D eigenvalue weighted by atomic mass is 10.0. The number of carbonyl (C=O) groups is 2. The molecule has 13 heavy (non-hydrogen) atoms. The van der Waals surface area contributed by atoms with Crippen molar-refractivity contribution in [2.45, 2.75) is 31.8 Å². The molecule has 5 nitrogen and oxygen atoms in total. The van der Waals surface area contributed by atoms with Crippen molar-refractivity contribution in [3.05, 3.63) is 0 Å². The molecule has 0 spiro atoms. The van der Waals surface area contributed by atoms with E-state index < -0.39 is 11.9 Å². The van der Waals surface area contributed by atoms with Gasteiger partial charge in [-0.25, -0.2) is 0 Å². The fraction of sp³-hybridized carbons (Fsp3) is 0.750. The molecule has 1 heterocycles. The van der Waals surface area contributed by atoms with Crippen LogP contribution >= 0.6 is 0 Å². The van der Waals surface area contributed by atoms with Gasteiger partial charge in [-0.2, -0.15) is 0 Å². The molecule has 1 aliphatic heterocycles. The van der Waals surface area contributed by atoms with E-state index >= 15 is 0 Å². The van der Waals surface area contributed by atoms with Gasteiger partial charge in [-0.05, 0) is 13.3 Å². The maximum Gasteiger partial charge on any atom is 0.240 e. The predicted octanol–water partition coefficient (Wildman–Crippen LogP) is -1.19. The number of nitrogens with two attached hydrogens (primary N) is 2. The molecule has 0 bridgehead atoms. The Morgan fingerprint density at radius 2 is 2.23 bits per heavy atom. The highest BCUT2D eigenvalue weighted by Gasteiger charge is 2.35. The van der Waals surface area contributed by atoms with Crippen molar-refractivity contribution in [3.63, 3.8) is 0 Å². The molecule has 1 aliphatic rings. The van der Waals surface area contributed by atoms with Gasteiger partial charge in [0, 0.05) is 19.0 Å². The van der Waals surface area contributed by atoms with Crippen LogP contribution in [0.15, 0.2) is 0 Å². The molecule has 0 aromatic rings. The molecule has 5 heteroatoms. The van der Waals surface area contributed by atoms with Crippen LogP contribution in [0.1, 0.15) is 19.8 Å². The van der Waals surface area contributed by atoms with E-state index in [9.17, 15) is 9.59 Å². The molecule has 0 saturated carbocycles. The number of hydrogen-bond acceptors (Lipinski definition) is 3. The smallest absolute Gasteiger partial charge is 0.240 e. The molecule has 1 fully saturated rings. The minimum atomic E-state index is -0.427. The number of primary amides is 1. The second-order valence-corrected chi connectivity index (χ2v) is 3.48. The number of hydrogen-bond donors (Lipinski definition) is 2. The molecule has 0 aromatic carbocycles. The zero-order valence-electron chi connectivity index (χ0n) is 7.69. The van der Waals surface area contributed by atoms with E-state index in [1.807, 2.05) is 0 Å². The van der Waals surface area contributed by atoms with Gasteiger partial charge in [-0.1, -0.05) is 0 Å². The van der Waals surface area contributed by atoms with E-state index in [1.165, 1.54) is 4.90 Å². The van der Waals surface area contributed by atoms with E-state index in [4.69, 9.17) is 11.5 Å². The quantitative estimate of drug-likeness (QED) is 0.579. The summed E-state index contributed by atoms with van der Waals surface area (Å²) >= 11 is 0. The van der Waals surface area contributed by atoms with Crippen molar-refractivity contribution < 1.29 is 9.59 Å². The Hall–Kier alpha value is -1.10. The lowest BCUT2D eigenvalue weighted by molar-refractivity contribution is -0.146. The van der Waals surface area contributed by atoms with Crippen molar-refractivity contribution in [2.24, 2.45) is 11.5 Å². The van der Waals surface area contributed by atoms with Crippen LogP contribution in [0.2, 0.25) is 0 Å². The molecule has 74 valence electrons. The molecular weight excluding hydrogens is 170 g/mol. The summed E-state index contributed by atoms with van der Waals surface area (Å²) < 4.78 is 0. The molecule has 0 aromatic heterocycles. The highest BCUT2D eigenvalue weighted by molar-refractivity contribution is 5.88. The van der Waals surface area contributed by atoms with Crippen LogP contribution in [-0.4, -0.2) is 35.3 Å². The van der Waals surface area contributed by atoms with Crippen LogP contribution in [0.4, 0.5) is 0 Å². The lowest BCUT2D eigenvalue weighted by Crippen LogP contribution is -2.57. The average molecular weight is 185 g/mol. The van der Waals surface area contributed by atoms with Crippen molar-refractivity contribution in [1.82, 2.24) is 4.90 Å². The summed E-state index contributed by atoms with van der Waals surface area (Å²) in [6.45, 7) is 2.39. The van der Waals surface area contributed by atoms with Gasteiger partial charge in [-0.15, -0.1) is 0 Å². The fourth-order valence-corrected chi connectivity index (χ4v) is 1.37. The Morgan fingerprint density at radius 3 is 2.54 bits per heavy atom. The average Bonchev–Trinajstić information content (AvgIpc) is 1.79. The van der Waals surface area contributed by atoms with E-state index in [1.54, 1.807) is 6.92 Å². The van der Waals surface area contributed by atoms with Crippen LogP contribution in [0.5, 0.6) is 0 Å². The first-order valence-corrected chi connectivity index (χ1v) is 4.36. The van der Waals surface area contributed by atoms with Gasteiger partial charge in [0.1, 0.15) is 6.04 Å². The third-order valence-corrected chi connectivity index (χ3v) is 2.17. The predicted molar refractivity (Wildman–Crippen MR) is 47.6 cm³/mol. The number of nitrogens with zero attached hydrogens (tertiary/aromatic N) is 1. The molecular formula is C8H15N3O2. The fourth-order valence-electron chi connectivity index (χ4n) is 1.37. The molecule has 2 amide bonds. The van der Waals surface area contributed by atoms with Gasteiger partial charge in [0.25, 0.3) is 0 Å². The Balaban J connectivity index is 2.44. The van der Waals surface area contributed by atoms with E-state index in [0.29, 0.717) is 13.0 Å². The standard InChI is InChI=1S/C8H15N3O2/c1-5(9)4-7(12)11-3-2-6(11)8(10)13/h5-6H,2-4,9H2,1H3,(H2,10,13). The lowest BCUT2D eigenvalue weighted by Gasteiger charge is -2.39. The molecule has 1 saturated heterocycles. The summed E-state index contributed by atoms with van der Waals surface area (Å²) in [5.74, 6) is -0.505. The third-order valence-electron chi connectivity index (χ3n) is 2.17. The number of rotatable bonds is 3. The Kier molecular flexibility index (Phi) is 2.87. The Labute approximate surface area is 77.1 Å². The maximum absolute atomic E-state index is 11.4. The van der Waals surface area contributed by atoms with Gasteiger partial charge in [0.2, 0.25) is 11.8 Å². The first kappa shape index (κ1) is 9.98. The molecule has 2 unspecified atom stereocenters. The summed E-state index contributed by atoms with van der Waals surface area (Å²) in [6, 6.07) is -0.562. The minimum absolute atomic E-state index is 0.0787. The normalized spacial score (nSPS) is 23.5. The number of amides is 2. The first-order valence-electron chi connectivity index (χ1n) is 4.36. The Morgan fingerprint density at radius 1 is 1.62 bits per heavy atom. The maximum atomic E-state index is 11.4. The summed E-state index contributed by atoms with van der Waals surface area (Å²) in [4.78, 5) is 23.7. The number of likely N-dealkylation sites (tertiary alicyclic amines) is 1. The van der Waals surface area contributed by atoms with Crippen LogP contribution in [0.3, 0.4) is 0 Å². The highest BCUT2D eigenvalue weighted by Crippen LogP contribution is 2.18. The van der Waals surface area contributed by atoms with Gasteiger partial charge in [-0.3, -0.25) is 9.59 Å². The number of carbonyl (C=O) groups excluding carboxylic acids is 2. The van der Waals surface area contributed by atoms with Crippen molar-refractivity contribution in [2.75, 3.05) is 6.54 Å². The summed E-state index contributed by atoms with van der Waals surface area (Å²) in [7, 11) is 0. The van der Waals surface area contributed by atoms with Gasteiger partial charge < -0.3 is 16.4 Å². The van der Waals surface area contributed by atoms with E-state index in [2.05, 4.69) is 0 Å². The third kappa shape index (κ3) is 2.18. The largest absolute Gasteiger partial charge is 0.368 e. The van der Waals surface area contributed by atoms with Crippen molar-refractivity contribution in [3.8, 4) is 0 Å². The SMILES string of the molecule is CC(N)CC(=O)N1CCC1C(N)=O. The zero-order valence-corrected chi connectivity index (χ0v) is 7.69. The second kappa shape index (κ2) is 3.74. The van der Waals surface area contributed by atoms with Gasteiger partial charge >= 0.3 is 0 Å². The van der Waals surface area contributed by atoms with Gasteiger partial charge in [0.05, 0.1) is 0 Å². The summed E-state index contributed by atoms with van der Waals surface area (Å²) in [5, 5.41) is 0. The highest BCUT2D eigenvalue weighted by atomic mass is 16.2. The monoisotopic (exact) mass is 185 g/mol. The van der Waals surface area contributed by atoms with Crippen LogP contribution < -0.4 is 11.5 Å². The van der Waals surface area contributed by atoms with Crippen molar-refractivity contribution in [1.29, 1.82) is 0 Å². The Bertz CT molecular complexity index is 227. The van der Waals surface area contributed by atoms with Gasteiger partial charge in [0.15, 0.2) is 0 Å². The van der Waals surface area contributed by atoms with Crippen LogP contribution in [0, 0.1) is 0 Å². The van der Waals surface area contributed by atoms with E-state index in [0.717, 1.165) is 0 Å². The summed E-state index contributed by atoms with van der Waals surface area (Å²) in [5.41, 5.74) is 10.6. The molecule has 0 radical (unpaired) electrons. The molecule has 4 N–H and O–H groups in total. The minimum Gasteiger partial charge on any atom is -0.368 e. The first-order chi connectivity index (χ1) is 6.02. The van der Waals surface area contributed by atoms with E-state index in [-0.39, 0.29) is 18.4 Å². The molecule has 0 aliphatic carbocycles.